The Morgan fingerprint density at radius 1 is 1.53 bits per heavy atom. The van der Waals surface area contributed by atoms with Crippen LogP contribution in [0.1, 0.15) is 39.0 Å². The molecule has 106 valence electrons. The standard InChI is InChI=1S/C13H22N4O2/c1-2-7-17-9-10(8-14-17)15-13(19)16-11-5-3-4-6-12(11)18/h8-9,11-12,18H,2-7H2,1H3,(H2,15,16,19). The fourth-order valence-corrected chi connectivity index (χ4v) is 2.39. The molecule has 2 amide bonds. The first-order valence-electron chi connectivity index (χ1n) is 6.97. The molecule has 1 aliphatic carbocycles. The van der Waals surface area contributed by atoms with Crippen molar-refractivity contribution in [2.45, 2.75) is 57.7 Å². The summed E-state index contributed by atoms with van der Waals surface area (Å²) in [5.41, 5.74) is 0.677. The van der Waals surface area contributed by atoms with Gasteiger partial charge in [-0.15, -0.1) is 0 Å². The predicted octanol–water partition coefficient (Wildman–Crippen LogP) is 1.72. The molecule has 0 spiro atoms. The van der Waals surface area contributed by atoms with Crippen LogP contribution in [0.2, 0.25) is 0 Å². The molecule has 6 heteroatoms. The smallest absolute Gasteiger partial charge is 0.319 e. The summed E-state index contributed by atoms with van der Waals surface area (Å²) in [5.74, 6) is 0. The average molecular weight is 266 g/mol. The molecule has 0 aliphatic heterocycles. The van der Waals surface area contributed by atoms with E-state index < -0.39 is 6.10 Å². The van der Waals surface area contributed by atoms with Crippen molar-refractivity contribution in [1.29, 1.82) is 0 Å². The number of aliphatic hydroxyl groups is 1. The highest BCUT2D eigenvalue weighted by Crippen LogP contribution is 2.18. The number of aryl methyl sites for hydroxylation is 1. The number of aliphatic hydroxyl groups excluding tert-OH is 1. The summed E-state index contributed by atoms with van der Waals surface area (Å²) < 4.78 is 1.80. The van der Waals surface area contributed by atoms with E-state index in [2.05, 4.69) is 22.7 Å². The van der Waals surface area contributed by atoms with Crippen molar-refractivity contribution in [2.75, 3.05) is 5.32 Å². The minimum Gasteiger partial charge on any atom is -0.391 e. The number of hydrogen-bond acceptors (Lipinski definition) is 3. The van der Waals surface area contributed by atoms with E-state index in [1.54, 1.807) is 17.1 Å². The van der Waals surface area contributed by atoms with E-state index in [1.807, 2.05) is 0 Å². The van der Waals surface area contributed by atoms with E-state index in [0.29, 0.717) is 5.69 Å². The number of anilines is 1. The molecule has 3 N–H and O–H groups in total. The maximum Gasteiger partial charge on any atom is 0.319 e. The number of nitrogens with one attached hydrogen (secondary N) is 2. The zero-order chi connectivity index (χ0) is 13.7. The number of aromatic nitrogens is 2. The van der Waals surface area contributed by atoms with Crippen LogP contribution in [0.3, 0.4) is 0 Å². The SMILES string of the molecule is CCCn1cc(NC(=O)NC2CCCCC2O)cn1. The van der Waals surface area contributed by atoms with Crippen LogP contribution >= 0.6 is 0 Å². The highest BCUT2D eigenvalue weighted by atomic mass is 16.3. The topological polar surface area (TPSA) is 79.2 Å². The number of hydrogen-bond donors (Lipinski definition) is 3. The third kappa shape index (κ3) is 3.96. The molecule has 0 bridgehead atoms. The van der Waals surface area contributed by atoms with Crippen LogP contribution in [-0.4, -0.2) is 33.1 Å². The van der Waals surface area contributed by atoms with E-state index in [4.69, 9.17) is 0 Å². The van der Waals surface area contributed by atoms with Crippen molar-refractivity contribution in [3.8, 4) is 0 Å². The molecule has 1 aliphatic rings. The molecule has 0 aromatic carbocycles. The number of urea groups is 1. The second-order valence-corrected chi connectivity index (χ2v) is 5.05. The van der Waals surface area contributed by atoms with Gasteiger partial charge in [-0.25, -0.2) is 4.79 Å². The number of carbonyl (C=O) groups is 1. The largest absolute Gasteiger partial charge is 0.391 e. The van der Waals surface area contributed by atoms with Gasteiger partial charge in [0.1, 0.15) is 0 Å². The highest BCUT2D eigenvalue weighted by Gasteiger charge is 2.24. The maximum atomic E-state index is 11.8. The highest BCUT2D eigenvalue weighted by molar-refractivity contribution is 5.89. The minimum absolute atomic E-state index is 0.139. The minimum atomic E-state index is -0.428. The molecule has 1 saturated carbocycles. The molecule has 1 aromatic heterocycles. The van der Waals surface area contributed by atoms with Crippen LogP contribution in [0.5, 0.6) is 0 Å². The third-order valence-electron chi connectivity index (χ3n) is 3.39. The zero-order valence-electron chi connectivity index (χ0n) is 11.3. The van der Waals surface area contributed by atoms with Crippen molar-refractivity contribution < 1.29 is 9.90 Å². The second kappa shape index (κ2) is 6.56. The summed E-state index contributed by atoms with van der Waals surface area (Å²) in [6.07, 6.45) is 7.70. The summed E-state index contributed by atoms with van der Waals surface area (Å²) in [5, 5.41) is 19.5. The Morgan fingerprint density at radius 3 is 3.05 bits per heavy atom. The summed E-state index contributed by atoms with van der Waals surface area (Å²) in [6.45, 7) is 2.91. The summed E-state index contributed by atoms with van der Waals surface area (Å²) in [7, 11) is 0. The molecule has 2 atom stereocenters. The van der Waals surface area contributed by atoms with Crippen molar-refractivity contribution in [2.24, 2.45) is 0 Å². The molecule has 1 fully saturated rings. The molecule has 6 nitrogen and oxygen atoms in total. The Labute approximate surface area is 113 Å². The number of amides is 2. The van der Waals surface area contributed by atoms with Crippen LogP contribution < -0.4 is 10.6 Å². The van der Waals surface area contributed by atoms with Gasteiger partial charge in [0.05, 0.1) is 24.0 Å². The van der Waals surface area contributed by atoms with E-state index in [9.17, 15) is 9.90 Å². The van der Waals surface area contributed by atoms with Gasteiger partial charge in [0.2, 0.25) is 0 Å². The van der Waals surface area contributed by atoms with Crippen LogP contribution in [0, 0.1) is 0 Å². The van der Waals surface area contributed by atoms with Gasteiger partial charge in [0, 0.05) is 12.7 Å². The molecule has 0 saturated heterocycles. The average Bonchev–Trinajstić information content (AvgIpc) is 2.80. The molecular weight excluding hydrogens is 244 g/mol. The normalized spacial score (nSPS) is 23.1. The van der Waals surface area contributed by atoms with Crippen LogP contribution in [0.4, 0.5) is 10.5 Å². The Hall–Kier alpha value is -1.56. The lowest BCUT2D eigenvalue weighted by molar-refractivity contribution is 0.0955. The molecular formula is C13H22N4O2. The second-order valence-electron chi connectivity index (χ2n) is 5.05. The Balaban J connectivity index is 1.82. The molecule has 2 unspecified atom stereocenters. The Bertz CT molecular complexity index is 419. The molecule has 1 aromatic rings. The van der Waals surface area contributed by atoms with Crippen molar-refractivity contribution >= 4 is 11.7 Å². The van der Waals surface area contributed by atoms with E-state index in [1.165, 1.54) is 0 Å². The lowest BCUT2D eigenvalue weighted by atomic mass is 9.93. The molecule has 1 heterocycles. The van der Waals surface area contributed by atoms with Gasteiger partial charge in [-0.05, 0) is 19.3 Å². The van der Waals surface area contributed by atoms with Gasteiger partial charge in [0.15, 0.2) is 0 Å². The fraction of sp³-hybridized carbons (Fsp3) is 0.692. The van der Waals surface area contributed by atoms with Gasteiger partial charge in [-0.2, -0.15) is 5.10 Å². The first-order chi connectivity index (χ1) is 9.19. The zero-order valence-corrected chi connectivity index (χ0v) is 11.3. The number of nitrogens with zero attached hydrogens (tertiary/aromatic N) is 2. The Kier molecular flexibility index (Phi) is 4.79. The van der Waals surface area contributed by atoms with Crippen molar-refractivity contribution in [3.63, 3.8) is 0 Å². The van der Waals surface area contributed by atoms with Gasteiger partial charge in [0.25, 0.3) is 0 Å². The quantitative estimate of drug-likeness (QED) is 0.776. The van der Waals surface area contributed by atoms with Gasteiger partial charge < -0.3 is 15.7 Å². The van der Waals surface area contributed by atoms with Gasteiger partial charge >= 0.3 is 6.03 Å². The van der Waals surface area contributed by atoms with Gasteiger partial charge in [-0.3, -0.25) is 4.68 Å². The van der Waals surface area contributed by atoms with Crippen LogP contribution in [0.25, 0.3) is 0 Å². The summed E-state index contributed by atoms with van der Waals surface area (Å²) >= 11 is 0. The van der Waals surface area contributed by atoms with Crippen LogP contribution in [-0.2, 0) is 6.54 Å². The third-order valence-corrected chi connectivity index (χ3v) is 3.39. The number of rotatable bonds is 4. The lowest BCUT2D eigenvalue weighted by Crippen LogP contribution is -2.46. The Morgan fingerprint density at radius 2 is 2.32 bits per heavy atom. The van der Waals surface area contributed by atoms with Crippen LogP contribution in [0.15, 0.2) is 12.4 Å². The molecule has 2 rings (SSSR count). The number of carbonyl (C=O) groups excluding carboxylic acids is 1. The molecule has 0 radical (unpaired) electrons. The first-order valence-corrected chi connectivity index (χ1v) is 6.97. The lowest BCUT2D eigenvalue weighted by Gasteiger charge is -2.28. The predicted molar refractivity (Wildman–Crippen MR) is 72.9 cm³/mol. The van der Waals surface area contributed by atoms with Gasteiger partial charge in [-0.1, -0.05) is 19.8 Å². The van der Waals surface area contributed by atoms with E-state index in [-0.39, 0.29) is 12.1 Å². The monoisotopic (exact) mass is 266 g/mol. The maximum absolute atomic E-state index is 11.8. The fourth-order valence-electron chi connectivity index (χ4n) is 2.39. The summed E-state index contributed by atoms with van der Waals surface area (Å²) in [6, 6.07) is -0.415. The first kappa shape index (κ1) is 13.9. The van der Waals surface area contributed by atoms with Crippen molar-refractivity contribution in [3.05, 3.63) is 12.4 Å². The summed E-state index contributed by atoms with van der Waals surface area (Å²) in [4.78, 5) is 11.8. The molecule has 19 heavy (non-hydrogen) atoms. The van der Waals surface area contributed by atoms with Crippen molar-refractivity contribution in [1.82, 2.24) is 15.1 Å². The van der Waals surface area contributed by atoms with E-state index >= 15 is 0 Å². The van der Waals surface area contributed by atoms with E-state index in [0.717, 1.165) is 38.6 Å².